The van der Waals surface area contributed by atoms with Crippen molar-refractivity contribution in [3.8, 4) is 0 Å². The molecule has 21 heavy (non-hydrogen) atoms. The summed E-state index contributed by atoms with van der Waals surface area (Å²) in [6, 6.07) is 1.37. The molecule has 0 radical (unpaired) electrons. The molecule has 2 nitrogen and oxygen atoms in total. The molecule has 2 heterocycles. The number of pyridine rings is 1. The highest BCUT2D eigenvalue weighted by molar-refractivity contribution is 5.81. The number of allylic oxidation sites excluding steroid dienone is 2. The Morgan fingerprint density at radius 3 is 2.33 bits per heavy atom. The molecule has 0 N–H and O–H groups in total. The fourth-order valence-corrected chi connectivity index (χ4v) is 1.51. The number of aromatic nitrogens is 1. The van der Waals surface area contributed by atoms with Gasteiger partial charge in [-0.3, -0.25) is 9.98 Å². The van der Waals surface area contributed by atoms with E-state index in [2.05, 4.69) is 9.98 Å². The van der Waals surface area contributed by atoms with Gasteiger partial charge in [-0.2, -0.15) is 26.3 Å². The van der Waals surface area contributed by atoms with Gasteiger partial charge in [0, 0.05) is 12.4 Å². The van der Waals surface area contributed by atoms with Crippen LogP contribution in [0.15, 0.2) is 46.8 Å². The van der Waals surface area contributed by atoms with Crippen LogP contribution in [0.1, 0.15) is 11.3 Å². The summed E-state index contributed by atoms with van der Waals surface area (Å²) in [5.74, 6) is 0. The molecular weight excluding hydrogens is 298 g/mol. The Hall–Kier alpha value is -2.34. The van der Waals surface area contributed by atoms with Crippen molar-refractivity contribution < 1.29 is 26.3 Å². The summed E-state index contributed by atoms with van der Waals surface area (Å²) in [5.41, 5.74) is -0.833. The zero-order chi connectivity index (χ0) is 15.7. The van der Waals surface area contributed by atoms with Gasteiger partial charge in [-0.25, -0.2) is 0 Å². The Bertz CT molecular complexity index is 673. The molecule has 0 saturated carbocycles. The minimum absolute atomic E-state index is 0.306. The number of aliphatic imine (C=N–C) groups is 1. The lowest BCUT2D eigenvalue weighted by Crippen LogP contribution is -2.09. The van der Waals surface area contributed by atoms with Gasteiger partial charge in [0.2, 0.25) is 0 Å². The summed E-state index contributed by atoms with van der Waals surface area (Å²) in [6.45, 7) is 0. The first kappa shape index (κ1) is 15.1. The van der Waals surface area contributed by atoms with Gasteiger partial charge in [-0.1, -0.05) is 0 Å². The van der Waals surface area contributed by atoms with E-state index in [1.165, 1.54) is 0 Å². The molecule has 0 spiro atoms. The zero-order valence-corrected chi connectivity index (χ0v) is 10.1. The SMILES string of the molecule is FC(F)(F)C1=C=CC=NC(c2cc(C(F)(F)F)ccn2)=C1. The molecule has 2 rings (SSSR count). The lowest BCUT2D eigenvalue weighted by Gasteiger charge is -2.09. The van der Waals surface area contributed by atoms with Crippen molar-refractivity contribution in [2.24, 2.45) is 4.99 Å². The van der Waals surface area contributed by atoms with Crippen molar-refractivity contribution in [1.29, 1.82) is 0 Å². The summed E-state index contributed by atoms with van der Waals surface area (Å²) < 4.78 is 75.8. The number of hydrogen-bond donors (Lipinski definition) is 0. The number of halogens is 6. The Morgan fingerprint density at radius 2 is 1.71 bits per heavy atom. The second-order valence-electron chi connectivity index (χ2n) is 3.96. The molecule has 1 aliphatic rings. The largest absolute Gasteiger partial charge is 0.423 e. The van der Waals surface area contributed by atoms with Crippen LogP contribution in [0.25, 0.3) is 5.70 Å². The fraction of sp³-hybridized carbons (Fsp3) is 0.154. The van der Waals surface area contributed by atoms with Crippen LogP contribution in [0.5, 0.6) is 0 Å². The number of rotatable bonds is 1. The average Bonchev–Trinajstić information content (AvgIpc) is 2.63. The third-order valence-corrected chi connectivity index (χ3v) is 2.46. The van der Waals surface area contributed by atoms with E-state index in [0.717, 1.165) is 24.6 Å². The van der Waals surface area contributed by atoms with Gasteiger partial charge in [0.05, 0.1) is 22.5 Å². The molecule has 110 valence electrons. The van der Waals surface area contributed by atoms with Crippen molar-refractivity contribution in [2.45, 2.75) is 12.4 Å². The maximum Gasteiger partial charge on any atom is 0.423 e. The topological polar surface area (TPSA) is 25.2 Å². The highest BCUT2D eigenvalue weighted by Gasteiger charge is 2.34. The molecule has 1 aromatic rings. The predicted molar refractivity (Wildman–Crippen MR) is 63.4 cm³/mol. The summed E-state index contributed by atoms with van der Waals surface area (Å²) in [7, 11) is 0. The second kappa shape index (κ2) is 5.21. The monoisotopic (exact) mass is 304 g/mol. The third kappa shape index (κ3) is 3.61. The van der Waals surface area contributed by atoms with Crippen molar-refractivity contribution in [2.75, 3.05) is 0 Å². The zero-order valence-electron chi connectivity index (χ0n) is 10.1. The summed E-state index contributed by atoms with van der Waals surface area (Å²) in [4.78, 5) is 7.28. The van der Waals surface area contributed by atoms with Gasteiger partial charge < -0.3 is 0 Å². The highest BCUT2D eigenvalue weighted by atomic mass is 19.4. The number of nitrogens with zero attached hydrogens (tertiary/aromatic N) is 2. The van der Waals surface area contributed by atoms with Crippen LogP contribution in [0.2, 0.25) is 0 Å². The maximum atomic E-state index is 12.7. The lowest BCUT2D eigenvalue weighted by atomic mass is 10.1. The fourth-order valence-electron chi connectivity index (χ4n) is 1.51. The van der Waals surface area contributed by atoms with Gasteiger partial charge in [0.25, 0.3) is 0 Å². The van der Waals surface area contributed by atoms with Crippen LogP contribution in [-0.2, 0) is 6.18 Å². The van der Waals surface area contributed by atoms with Gasteiger partial charge in [-0.05, 0) is 24.3 Å². The first-order valence-electron chi connectivity index (χ1n) is 5.50. The standard InChI is InChI=1S/C13H6F6N2/c14-12(15,16)8-2-1-4-20-10(6-8)11-7-9(3-5-21-11)13(17,18)19/h1,3-7H. The van der Waals surface area contributed by atoms with E-state index in [1.807, 2.05) is 5.73 Å². The molecule has 0 aliphatic carbocycles. The number of alkyl halides is 6. The van der Waals surface area contributed by atoms with Crippen molar-refractivity contribution >= 4 is 11.9 Å². The van der Waals surface area contributed by atoms with Crippen molar-refractivity contribution in [1.82, 2.24) is 4.98 Å². The molecule has 8 heteroatoms. The number of hydrogen-bond acceptors (Lipinski definition) is 2. The Kier molecular flexibility index (Phi) is 3.74. The normalized spacial score (nSPS) is 15.5. The van der Waals surface area contributed by atoms with Gasteiger partial charge in [-0.15, -0.1) is 5.73 Å². The molecule has 0 bridgehead atoms. The molecule has 0 atom stereocenters. The van der Waals surface area contributed by atoms with E-state index in [0.29, 0.717) is 12.1 Å². The summed E-state index contributed by atoms with van der Waals surface area (Å²) >= 11 is 0. The highest BCUT2D eigenvalue weighted by Crippen LogP contribution is 2.32. The molecule has 1 aromatic heterocycles. The second-order valence-corrected chi connectivity index (χ2v) is 3.96. The minimum atomic E-state index is -4.68. The van der Waals surface area contributed by atoms with Gasteiger partial charge in [0.1, 0.15) is 0 Å². The summed E-state index contributed by atoms with van der Waals surface area (Å²) in [5, 5.41) is 0. The first-order valence-corrected chi connectivity index (χ1v) is 5.50. The van der Waals surface area contributed by atoms with Crippen molar-refractivity contribution in [3.05, 3.63) is 53.0 Å². The molecule has 0 unspecified atom stereocenters. The van der Waals surface area contributed by atoms with Gasteiger partial charge in [0.15, 0.2) is 0 Å². The summed E-state index contributed by atoms with van der Waals surface area (Å²) in [6.07, 6.45) is -5.90. The average molecular weight is 304 g/mol. The van der Waals surface area contributed by atoms with E-state index in [-0.39, 0.29) is 11.4 Å². The quantitative estimate of drug-likeness (QED) is 0.564. The molecule has 1 aliphatic heterocycles. The predicted octanol–water partition coefficient (Wildman–Crippen LogP) is 4.17. The van der Waals surface area contributed by atoms with Gasteiger partial charge >= 0.3 is 12.4 Å². The molecule has 0 fully saturated rings. The Morgan fingerprint density at radius 1 is 1.00 bits per heavy atom. The first-order chi connectivity index (χ1) is 9.68. The Balaban J connectivity index is 2.48. The van der Waals surface area contributed by atoms with Crippen LogP contribution < -0.4 is 0 Å². The van der Waals surface area contributed by atoms with Crippen LogP contribution in [0.4, 0.5) is 26.3 Å². The van der Waals surface area contributed by atoms with E-state index < -0.39 is 23.5 Å². The molecule has 0 amide bonds. The van der Waals surface area contributed by atoms with E-state index in [9.17, 15) is 26.3 Å². The molecule has 0 aromatic carbocycles. The molecular formula is C13H6F6N2. The van der Waals surface area contributed by atoms with Crippen molar-refractivity contribution in [3.63, 3.8) is 0 Å². The van der Waals surface area contributed by atoms with Crippen LogP contribution in [0, 0.1) is 0 Å². The Labute approximate surface area is 114 Å². The smallest absolute Gasteiger partial charge is 0.255 e. The minimum Gasteiger partial charge on any atom is -0.255 e. The molecule has 0 saturated heterocycles. The van der Waals surface area contributed by atoms with E-state index >= 15 is 0 Å². The van der Waals surface area contributed by atoms with Crippen LogP contribution in [0.3, 0.4) is 0 Å². The van der Waals surface area contributed by atoms with Crippen LogP contribution >= 0.6 is 0 Å². The van der Waals surface area contributed by atoms with E-state index in [4.69, 9.17) is 0 Å². The maximum absolute atomic E-state index is 12.7. The lowest BCUT2D eigenvalue weighted by molar-refractivity contribution is -0.137. The van der Waals surface area contributed by atoms with E-state index in [1.54, 1.807) is 0 Å². The third-order valence-electron chi connectivity index (χ3n) is 2.46. The van der Waals surface area contributed by atoms with Crippen LogP contribution in [-0.4, -0.2) is 17.4 Å².